The number of anilines is 1. The summed E-state index contributed by atoms with van der Waals surface area (Å²) in [7, 11) is 0. The van der Waals surface area contributed by atoms with E-state index in [9.17, 15) is 14.4 Å². The van der Waals surface area contributed by atoms with Crippen molar-refractivity contribution in [2.24, 2.45) is 0 Å². The lowest BCUT2D eigenvalue weighted by molar-refractivity contribution is -0.131. The van der Waals surface area contributed by atoms with Gasteiger partial charge in [-0.3, -0.25) is 14.4 Å². The summed E-state index contributed by atoms with van der Waals surface area (Å²) in [4.78, 5) is 41.8. The summed E-state index contributed by atoms with van der Waals surface area (Å²) in [6, 6.07) is 9.46. The van der Waals surface area contributed by atoms with Crippen LogP contribution in [-0.2, 0) is 14.3 Å². The number of carbonyl (C=O) groups excluding carboxylic acids is 2. The minimum absolute atomic E-state index is 0.0757. The van der Waals surface area contributed by atoms with Crippen molar-refractivity contribution in [3.63, 3.8) is 0 Å². The quantitative estimate of drug-likeness (QED) is 0.497. The average molecular weight is 465 g/mol. The largest absolute Gasteiger partial charge is 0.468 e. The van der Waals surface area contributed by atoms with E-state index in [1.807, 2.05) is 32.0 Å². The molecule has 3 aromatic rings. The Hall–Kier alpha value is -3.85. The zero-order valence-corrected chi connectivity index (χ0v) is 19.4. The molecule has 0 spiro atoms. The maximum Gasteiger partial charge on any atom is 0.275 e. The molecule has 3 atom stereocenters. The number of H-pyrrole nitrogens is 1. The van der Waals surface area contributed by atoms with Crippen LogP contribution in [-0.4, -0.2) is 40.3 Å². The fourth-order valence-corrected chi connectivity index (χ4v) is 3.97. The number of amides is 2. The number of nitrogens with zero attached hydrogens (tertiary/aromatic N) is 1. The van der Waals surface area contributed by atoms with Crippen LogP contribution in [0.4, 0.5) is 5.69 Å². The number of hydrogen-bond donors (Lipinski definition) is 3. The van der Waals surface area contributed by atoms with Crippen LogP contribution in [0.1, 0.15) is 42.4 Å². The van der Waals surface area contributed by atoms with Crippen LogP contribution >= 0.6 is 0 Å². The lowest BCUT2D eigenvalue weighted by Crippen LogP contribution is -2.45. The first-order valence-corrected chi connectivity index (χ1v) is 11.1. The molecular formula is C25H28N4O5. The smallest absolute Gasteiger partial charge is 0.275 e. The summed E-state index contributed by atoms with van der Waals surface area (Å²) in [5.41, 5.74) is 1.84. The van der Waals surface area contributed by atoms with E-state index in [4.69, 9.17) is 9.47 Å². The molecule has 1 saturated heterocycles. The maximum absolute atomic E-state index is 13.0. The predicted octanol–water partition coefficient (Wildman–Crippen LogP) is 3.23. The van der Waals surface area contributed by atoms with Crippen LogP contribution in [0.2, 0.25) is 0 Å². The highest BCUT2D eigenvalue weighted by Crippen LogP contribution is 2.24. The Morgan fingerprint density at radius 2 is 2.12 bits per heavy atom. The summed E-state index contributed by atoms with van der Waals surface area (Å²) in [5, 5.41) is 6.43. The average Bonchev–Trinajstić information content (AvgIpc) is 3.37. The van der Waals surface area contributed by atoms with E-state index in [1.165, 1.54) is 16.8 Å². The van der Waals surface area contributed by atoms with E-state index < -0.39 is 29.8 Å². The van der Waals surface area contributed by atoms with Crippen LogP contribution < -0.4 is 16.2 Å². The van der Waals surface area contributed by atoms with Crippen molar-refractivity contribution >= 4 is 28.4 Å². The molecule has 9 nitrogen and oxygen atoms in total. The Balaban J connectivity index is 1.49. The first kappa shape index (κ1) is 23.3. The van der Waals surface area contributed by atoms with Gasteiger partial charge in [0.1, 0.15) is 17.4 Å². The fraction of sp³-hybridized carbons (Fsp3) is 0.320. The van der Waals surface area contributed by atoms with Crippen LogP contribution in [0.25, 0.3) is 10.9 Å². The van der Waals surface area contributed by atoms with Crippen molar-refractivity contribution in [3.8, 4) is 0 Å². The van der Waals surface area contributed by atoms with Crippen LogP contribution in [0.3, 0.4) is 0 Å². The number of carbonyl (C=O) groups is 2. The van der Waals surface area contributed by atoms with Crippen LogP contribution in [0.5, 0.6) is 0 Å². The number of fused-ring (bicyclic) bond motifs is 1. The summed E-state index contributed by atoms with van der Waals surface area (Å²) < 4.78 is 12.3. The van der Waals surface area contributed by atoms with E-state index >= 15 is 0 Å². The Labute approximate surface area is 196 Å². The molecule has 2 aromatic heterocycles. The summed E-state index contributed by atoms with van der Waals surface area (Å²) in [5.74, 6) is -0.281. The fourth-order valence-electron chi connectivity index (χ4n) is 3.97. The van der Waals surface area contributed by atoms with Gasteiger partial charge in [-0.25, -0.2) is 0 Å². The van der Waals surface area contributed by atoms with Gasteiger partial charge in [0.25, 0.3) is 11.5 Å². The highest BCUT2D eigenvalue weighted by molar-refractivity contribution is 6.05. The molecule has 0 saturated carbocycles. The van der Waals surface area contributed by atoms with E-state index in [0.717, 1.165) is 16.5 Å². The van der Waals surface area contributed by atoms with Gasteiger partial charge in [-0.1, -0.05) is 18.2 Å². The van der Waals surface area contributed by atoms with Crippen molar-refractivity contribution in [1.29, 1.82) is 0 Å². The topological polar surface area (TPSA) is 114 Å². The third kappa shape index (κ3) is 4.74. The zero-order valence-electron chi connectivity index (χ0n) is 19.4. The minimum atomic E-state index is -0.823. The Kier molecular flexibility index (Phi) is 6.56. The molecule has 0 bridgehead atoms. The second kappa shape index (κ2) is 9.56. The zero-order chi connectivity index (χ0) is 24.4. The number of nitrogens with one attached hydrogen (secondary N) is 3. The first-order chi connectivity index (χ1) is 16.3. The molecule has 3 unspecified atom stereocenters. The van der Waals surface area contributed by atoms with Gasteiger partial charge >= 0.3 is 0 Å². The molecule has 3 heterocycles. The second-order valence-electron chi connectivity index (χ2n) is 8.34. The monoisotopic (exact) mass is 464 g/mol. The molecule has 0 radical (unpaired) electrons. The third-order valence-electron chi connectivity index (χ3n) is 5.76. The van der Waals surface area contributed by atoms with Gasteiger partial charge < -0.3 is 29.7 Å². The number of benzene rings is 1. The molecule has 34 heavy (non-hydrogen) atoms. The SMILES string of the molecule is C=C1CC(NC(=O)C(C)n2cccc(NC(=O)c3cc4cc(C)ccc4[nH]3)c2=O)C(OCC)O1. The predicted molar refractivity (Wildman–Crippen MR) is 129 cm³/mol. The van der Waals surface area contributed by atoms with Crippen molar-refractivity contribution < 1.29 is 19.1 Å². The first-order valence-electron chi connectivity index (χ1n) is 11.1. The van der Waals surface area contributed by atoms with Gasteiger partial charge in [0.2, 0.25) is 12.2 Å². The number of aromatic amines is 1. The summed E-state index contributed by atoms with van der Waals surface area (Å²) in [6.45, 7) is 9.64. The molecule has 3 N–H and O–H groups in total. The third-order valence-corrected chi connectivity index (χ3v) is 5.76. The number of pyridine rings is 1. The molecule has 178 valence electrons. The number of aromatic nitrogens is 2. The van der Waals surface area contributed by atoms with Crippen molar-refractivity contribution in [1.82, 2.24) is 14.9 Å². The standard InChI is InChI=1S/C25H28N4O5/c1-5-33-25-21(12-15(3)34-25)28-22(30)16(4)29-10-6-7-19(24(29)32)27-23(31)20-13-17-11-14(2)8-9-18(17)26-20/h6-11,13,16,21,25-26H,3,5,12H2,1-2,4H3,(H,27,31)(H,28,30). The molecular weight excluding hydrogens is 436 g/mol. The van der Waals surface area contributed by atoms with Crippen molar-refractivity contribution in [2.45, 2.75) is 45.6 Å². The number of rotatable bonds is 7. The Bertz CT molecular complexity index is 1310. The number of aryl methyl sites for hydroxylation is 1. The van der Waals surface area contributed by atoms with Gasteiger partial charge in [-0.15, -0.1) is 0 Å². The maximum atomic E-state index is 13.0. The molecule has 1 aliphatic heterocycles. The van der Waals surface area contributed by atoms with E-state index in [2.05, 4.69) is 22.2 Å². The summed E-state index contributed by atoms with van der Waals surface area (Å²) in [6.07, 6.45) is 1.33. The van der Waals surface area contributed by atoms with Gasteiger partial charge in [0.05, 0.1) is 11.8 Å². The highest BCUT2D eigenvalue weighted by Gasteiger charge is 2.34. The van der Waals surface area contributed by atoms with E-state index in [0.29, 0.717) is 24.5 Å². The normalized spacial score (nSPS) is 18.5. The summed E-state index contributed by atoms with van der Waals surface area (Å²) >= 11 is 0. The number of ether oxygens (including phenoxy) is 2. The van der Waals surface area contributed by atoms with Crippen molar-refractivity contribution in [3.05, 3.63) is 76.5 Å². The molecule has 1 aromatic carbocycles. The molecule has 9 heteroatoms. The lowest BCUT2D eigenvalue weighted by Gasteiger charge is -2.22. The van der Waals surface area contributed by atoms with Gasteiger partial charge in [0.15, 0.2) is 0 Å². The van der Waals surface area contributed by atoms with Crippen LogP contribution in [0, 0.1) is 6.92 Å². The molecule has 2 amide bonds. The van der Waals surface area contributed by atoms with Crippen molar-refractivity contribution in [2.75, 3.05) is 11.9 Å². The lowest BCUT2D eigenvalue weighted by atomic mass is 10.2. The second-order valence-corrected chi connectivity index (χ2v) is 8.34. The van der Waals surface area contributed by atoms with E-state index in [-0.39, 0.29) is 11.6 Å². The molecule has 0 aliphatic carbocycles. The number of hydrogen-bond acceptors (Lipinski definition) is 5. The molecule has 4 rings (SSSR count). The van der Waals surface area contributed by atoms with Gasteiger partial charge in [-0.05, 0) is 51.1 Å². The van der Waals surface area contributed by atoms with E-state index in [1.54, 1.807) is 19.1 Å². The van der Waals surface area contributed by atoms with Gasteiger partial charge in [0, 0.05) is 30.1 Å². The molecule has 1 fully saturated rings. The molecule has 1 aliphatic rings. The minimum Gasteiger partial charge on any atom is -0.468 e. The van der Waals surface area contributed by atoms with Gasteiger partial charge in [-0.2, -0.15) is 0 Å². The Morgan fingerprint density at radius 1 is 1.32 bits per heavy atom. The van der Waals surface area contributed by atoms with Crippen LogP contribution in [0.15, 0.2) is 59.7 Å². The highest BCUT2D eigenvalue weighted by atomic mass is 16.7. The Morgan fingerprint density at radius 3 is 2.88 bits per heavy atom.